The summed E-state index contributed by atoms with van der Waals surface area (Å²) < 4.78 is 1.82. The van der Waals surface area contributed by atoms with Gasteiger partial charge >= 0.3 is 0 Å². The minimum Gasteiger partial charge on any atom is -0.303 e. The van der Waals surface area contributed by atoms with Gasteiger partial charge in [0.15, 0.2) is 5.17 Å². The SMILES string of the molecule is O=C1N/C(=N\N=C\c2cn(-c3ccccc3)nc2-c2ccccc2)SC1Cc1cccc(Cl)c1. The molecule has 1 aromatic heterocycles. The number of amidine groups is 1. The van der Waals surface area contributed by atoms with Gasteiger partial charge in [-0.1, -0.05) is 84.0 Å². The first-order chi connectivity index (χ1) is 16.7. The first-order valence-corrected chi connectivity index (χ1v) is 11.9. The van der Waals surface area contributed by atoms with Crippen molar-refractivity contribution in [3.05, 3.63) is 107 Å². The molecule has 0 spiro atoms. The van der Waals surface area contributed by atoms with E-state index < -0.39 is 0 Å². The van der Waals surface area contributed by atoms with Crippen LogP contribution in [0.25, 0.3) is 16.9 Å². The molecule has 0 saturated carbocycles. The summed E-state index contributed by atoms with van der Waals surface area (Å²) in [5.41, 5.74) is 4.56. The number of hydrogen-bond acceptors (Lipinski definition) is 5. The van der Waals surface area contributed by atoms with Crippen LogP contribution in [0.1, 0.15) is 11.1 Å². The van der Waals surface area contributed by atoms with Crippen molar-refractivity contribution >= 4 is 40.7 Å². The van der Waals surface area contributed by atoms with Crippen molar-refractivity contribution in [3.8, 4) is 16.9 Å². The molecule has 0 bridgehead atoms. The second-order valence-corrected chi connectivity index (χ2v) is 9.29. The van der Waals surface area contributed by atoms with E-state index >= 15 is 0 Å². The molecule has 1 fully saturated rings. The van der Waals surface area contributed by atoms with E-state index in [2.05, 4.69) is 15.5 Å². The van der Waals surface area contributed by atoms with Gasteiger partial charge in [-0.3, -0.25) is 4.79 Å². The molecule has 1 amide bonds. The monoisotopic (exact) mass is 485 g/mol. The van der Waals surface area contributed by atoms with Crippen LogP contribution >= 0.6 is 23.4 Å². The van der Waals surface area contributed by atoms with Gasteiger partial charge in [-0.25, -0.2) is 4.68 Å². The fourth-order valence-corrected chi connectivity index (χ4v) is 4.80. The number of carbonyl (C=O) groups excluding carboxylic acids is 1. The third-order valence-electron chi connectivity index (χ3n) is 5.24. The fraction of sp³-hybridized carbons (Fsp3) is 0.0769. The highest BCUT2D eigenvalue weighted by Gasteiger charge is 2.30. The van der Waals surface area contributed by atoms with Crippen LogP contribution in [0.4, 0.5) is 0 Å². The Kier molecular flexibility index (Phi) is 6.56. The van der Waals surface area contributed by atoms with Crippen LogP contribution in [-0.2, 0) is 11.2 Å². The van der Waals surface area contributed by atoms with Gasteiger partial charge in [0.05, 0.1) is 17.2 Å². The highest BCUT2D eigenvalue weighted by molar-refractivity contribution is 8.15. The average Bonchev–Trinajstić information content (AvgIpc) is 3.44. The van der Waals surface area contributed by atoms with Crippen LogP contribution < -0.4 is 5.32 Å². The van der Waals surface area contributed by atoms with Crippen LogP contribution in [0.2, 0.25) is 5.02 Å². The lowest BCUT2D eigenvalue weighted by atomic mass is 10.1. The molecule has 3 aromatic carbocycles. The predicted octanol–water partition coefficient (Wildman–Crippen LogP) is 5.36. The van der Waals surface area contributed by atoms with Crippen molar-refractivity contribution in [1.29, 1.82) is 0 Å². The van der Waals surface area contributed by atoms with E-state index in [0.717, 1.165) is 28.1 Å². The van der Waals surface area contributed by atoms with E-state index in [9.17, 15) is 4.79 Å². The molecule has 4 aromatic rings. The maximum atomic E-state index is 12.4. The number of carbonyl (C=O) groups is 1. The summed E-state index contributed by atoms with van der Waals surface area (Å²) in [6, 6.07) is 27.4. The summed E-state index contributed by atoms with van der Waals surface area (Å²) in [6.45, 7) is 0. The number of halogens is 1. The zero-order chi connectivity index (χ0) is 23.3. The summed E-state index contributed by atoms with van der Waals surface area (Å²) in [7, 11) is 0. The Morgan fingerprint density at radius 1 is 1.03 bits per heavy atom. The van der Waals surface area contributed by atoms with Crippen LogP contribution in [0.15, 0.2) is 101 Å². The lowest BCUT2D eigenvalue weighted by Gasteiger charge is -2.05. The molecule has 1 unspecified atom stereocenters. The summed E-state index contributed by atoms with van der Waals surface area (Å²) in [4.78, 5) is 12.4. The molecule has 168 valence electrons. The third kappa shape index (κ3) is 5.11. The molecule has 1 aliphatic heterocycles. The first-order valence-electron chi connectivity index (χ1n) is 10.7. The van der Waals surface area contributed by atoms with Gasteiger partial charge in [0.25, 0.3) is 0 Å². The molecule has 5 rings (SSSR count). The van der Waals surface area contributed by atoms with Gasteiger partial charge in [-0.2, -0.15) is 10.2 Å². The molecule has 8 heteroatoms. The third-order valence-corrected chi connectivity index (χ3v) is 6.55. The first kappa shape index (κ1) is 22.1. The Labute approximate surface area is 206 Å². The van der Waals surface area contributed by atoms with Gasteiger partial charge in [-0.15, -0.1) is 5.10 Å². The summed E-state index contributed by atoms with van der Waals surface area (Å²) >= 11 is 7.43. The number of amides is 1. The van der Waals surface area contributed by atoms with Gasteiger partial charge in [0.2, 0.25) is 5.91 Å². The molecule has 1 N–H and O–H groups in total. The fourth-order valence-electron chi connectivity index (χ4n) is 3.62. The smallest absolute Gasteiger partial charge is 0.239 e. The van der Waals surface area contributed by atoms with E-state index in [1.54, 1.807) is 6.21 Å². The molecule has 0 aliphatic carbocycles. The molecule has 2 heterocycles. The standard InChI is InChI=1S/C26H20ClN5OS/c27-21-11-7-8-18(14-21)15-23-25(33)29-26(34-23)30-28-16-20-17-32(22-12-5-2-6-13-22)31-24(20)19-9-3-1-4-10-19/h1-14,16-17,23H,15H2,(H,29,30,33)/b28-16+. The summed E-state index contributed by atoms with van der Waals surface area (Å²) in [5, 5.41) is 17.0. The number of benzene rings is 3. The zero-order valence-electron chi connectivity index (χ0n) is 18.0. The minimum atomic E-state index is -0.270. The summed E-state index contributed by atoms with van der Waals surface area (Å²) in [6.07, 6.45) is 4.16. The van der Waals surface area contributed by atoms with E-state index in [1.165, 1.54) is 11.8 Å². The van der Waals surface area contributed by atoms with Gasteiger partial charge in [-0.05, 0) is 36.2 Å². The van der Waals surface area contributed by atoms with E-state index in [0.29, 0.717) is 16.6 Å². The zero-order valence-corrected chi connectivity index (χ0v) is 19.6. The Balaban J connectivity index is 1.36. The summed E-state index contributed by atoms with van der Waals surface area (Å²) in [5.74, 6) is -0.0826. The van der Waals surface area contributed by atoms with Crippen LogP contribution in [0, 0.1) is 0 Å². The quantitative estimate of drug-likeness (QED) is 0.295. The van der Waals surface area contributed by atoms with Crippen molar-refractivity contribution < 1.29 is 4.79 Å². The number of hydrogen-bond donors (Lipinski definition) is 1. The van der Waals surface area contributed by atoms with Crippen molar-refractivity contribution in [2.75, 3.05) is 0 Å². The Hall–Kier alpha value is -3.68. The predicted molar refractivity (Wildman–Crippen MR) is 139 cm³/mol. The molecule has 1 saturated heterocycles. The Morgan fingerprint density at radius 3 is 2.56 bits per heavy atom. The second kappa shape index (κ2) is 10.1. The van der Waals surface area contributed by atoms with E-state index in [-0.39, 0.29) is 11.2 Å². The lowest BCUT2D eigenvalue weighted by Crippen LogP contribution is -2.25. The number of para-hydroxylation sites is 1. The Morgan fingerprint density at radius 2 is 1.79 bits per heavy atom. The molecular weight excluding hydrogens is 466 g/mol. The number of thioether (sulfide) groups is 1. The number of aromatic nitrogens is 2. The number of rotatable bonds is 6. The number of nitrogens with zero attached hydrogens (tertiary/aromatic N) is 4. The molecule has 0 radical (unpaired) electrons. The van der Waals surface area contributed by atoms with Gasteiger partial charge in [0, 0.05) is 22.3 Å². The maximum Gasteiger partial charge on any atom is 0.239 e. The normalized spacial score (nSPS) is 16.9. The maximum absolute atomic E-state index is 12.4. The Bertz CT molecular complexity index is 1370. The van der Waals surface area contributed by atoms with Crippen LogP contribution in [-0.4, -0.2) is 32.3 Å². The minimum absolute atomic E-state index is 0.0826. The van der Waals surface area contributed by atoms with E-state index in [1.807, 2.05) is 95.8 Å². The molecule has 1 aliphatic rings. The molecule has 1 atom stereocenters. The largest absolute Gasteiger partial charge is 0.303 e. The topological polar surface area (TPSA) is 71.6 Å². The number of nitrogens with one attached hydrogen (secondary N) is 1. The van der Waals surface area contributed by atoms with E-state index in [4.69, 9.17) is 16.7 Å². The van der Waals surface area contributed by atoms with Crippen molar-refractivity contribution in [3.63, 3.8) is 0 Å². The lowest BCUT2D eigenvalue weighted by molar-refractivity contribution is -0.118. The van der Waals surface area contributed by atoms with Crippen molar-refractivity contribution in [2.45, 2.75) is 11.7 Å². The highest BCUT2D eigenvalue weighted by Crippen LogP contribution is 2.25. The molecule has 34 heavy (non-hydrogen) atoms. The molecule has 6 nitrogen and oxygen atoms in total. The van der Waals surface area contributed by atoms with Crippen molar-refractivity contribution in [2.24, 2.45) is 10.2 Å². The van der Waals surface area contributed by atoms with Gasteiger partial charge in [0.1, 0.15) is 5.69 Å². The van der Waals surface area contributed by atoms with Crippen LogP contribution in [0.5, 0.6) is 0 Å². The van der Waals surface area contributed by atoms with Crippen molar-refractivity contribution in [1.82, 2.24) is 15.1 Å². The van der Waals surface area contributed by atoms with Crippen LogP contribution in [0.3, 0.4) is 0 Å². The van der Waals surface area contributed by atoms with Gasteiger partial charge < -0.3 is 5.32 Å². The molecular formula is C26H20ClN5OS. The highest BCUT2D eigenvalue weighted by atomic mass is 35.5. The average molecular weight is 486 g/mol. The second-order valence-electron chi connectivity index (χ2n) is 7.66.